The molecule has 1 saturated carbocycles. The highest BCUT2D eigenvalue weighted by atomic mass is 16.2. The summed E-state index contributed by atoms with van der Waals surface area (Å²) < 4.78 is 2.41. The van der Waals surface area contributed by atoms with Crippen LogP contribution < -0.4 is 10.6 Å². The maximum absolute atomic E-state index is 13.0. The molecule has 4 heteroatoms. The third-order valence-corrected chi connectivity index (χ3v) is 6.98. The largest absolute Gasteiger partial charge is 0.351 e. The third-order valence-electron chi connectivity index (χ3n) is 6.98. The van der Waals surface area contributed by atoms with Crippen LogP contribution in [0.4, 0.5) is 10.5 Å². The van der Waals surface area contributed by atoms with Crippen LogP contribution >= 0.6 is 0 Å². The smallest absolute Gasteiger partial charge is 0.319 e. The van der Waals surface area contributed by atoms with Gasteiger partial charge in [-0.15, -0.1) is 0 Å². The van der Waals surface area contributed by atoms with Crippen molar-refractivity contribution in [2.45, 2.75) is 70.8 Å². The zero-order valence-electron chi connectivity index (χ0n) is 19.3. The van der Waals surface area contributed by atoms with Gasteiger partial charge >= 0.3 is 6.03 Å². The fourth-order valence-electron chi connectivity index (χ4n) is 5.39. The normalized spacial score (nSPS) is 15.8. The molecule has 0 atom stereocenters. The Kier molecular flexibility index (Phi) is 5.83. The van der Waals surface area contributed by atoms with E-state index in [9.17, 15) is 4.79 Å². The molecular formula is C27H35N3O. The highest BCUT2D eigenvalue weighted by Gasteiger charge is 2.40. The number of fused-ring (bicyclic) bond motifs is 1. The minimum absolute atomic E-state index is 0.142. The van der Waals surface area contributed by atoms with Crippen LogP contribution in [0.25, 0.3) is 10.9 Å². The van der Waals surface area contributed by atoms with Crippen LogP contribution in [-0.2, 0) is 5.54 Å². The first-order chi connectivity index (χ1) is 14.8. The van der Waals surface area contributed by atoms with Crippen LogP contribution in [0.1, 0.15) is 76.3 Å². The molecule has 0 aliphatic heterocycles. The lowest BCUT2D eigenvalue weighted by atomic mass is 9.90. The lowest BCUT2D eigenvalue weighted by Gasteiger charge is -2.39. The van der Waals surface area contributed by atoms with E-state index in [1.807, 2.05) is 4.90 Å². The molecule has 4 rings (SSSR count). The Morgan fingerprint density at radius 1 is 0.968 bits per heavy atom. The van der Waals surface area contributed by atoms with Crippen LogP contribution in [0.5, 0.6) is 0 Å². The highest BCUT2D eigenvalue weighted by molar-refractivity contribution is 5.93. The first-order valence-corrected chi connectivity index (χ1v) is 11.6. The van der Waals surface area contributed by atoms with Gasteiger partial charge in [0.25, 0.3) is 0 Å². The van der Waals surface area contributed by atoms with E-state index in [4.69, 9.17) is 5.73 Å². The summed E-state index contributed by atoms with van der Waals surface area (Å²) in [6.07, 6.45) is 6.64. The second-order valence-electron chi connectivity index (χ2n) is 9.69. The Bertz CT molecular complexity index is 1050. The van der Waals surface area contributed by atoms with E-state index < -0.39 is 0 Å². The number of urea groups is 1. The van der Waals surface area contributed by atoms with Crippen molar-refractivity contribution in [3.05, 3.63) is 65.9 Å². The zero-order valence-corrected chi connectivity index (χ0v) is 19.3. The Balaban J connectivity index is 1.86. The van der Waals surface area contributed by atoms with Crippen LogP contribution in [0.15, 0.2) is 54.7 Å². The summed E-state index contributed by atoms with van der Waals surface area (Å²) in [5.74, 6) is 0.616. The van der Waals surface area contributed by atoms with Crippen LogP contribution in [-0.4, -0.2) is 17.1 Å². The number of amides is 2. The summed E-state index contributed by atoms with van der Waals surface area (Å²) in [5, 5.41) is 1.24. The number of aromatic nitrogens is 1. The molecule has 1 heterocycles. The van der Waals surface area contributed by atoms with Gasteiger partial charge < -0.3 is 10.3 Å². The van der Waals surface area contributed by atoms with E-state index in [0.717, 1.165) is 18.5 Å². The second kappa shape index (κ2) is 8.41. The summed E-state index contributed by atoms with van der Waals surface area (Å²) in [7, 11) is 0. The number of anilines is 1. The third kappa shape index (κ3) is 3.84. The molecule has 31 heavy (non-hydrogen) atoms. The van der Waals surface area contributed by atoms with Crippen molar-refractivity contribution in [2.24, 2.45) is 5.73 Å². The standard InChI is InChI=1S/C27H35N3O/c1-19(2)22-11-9-12-23(20(3)4)25(22)29(26(28)31)18-27(15-7-8-16-27)30-17-14-21-10-5-6-13-24(21)30/h5-6,9-14,17,19-20H,7-8,15-16,18H2,1-4H3,(H2,28,31). The van der Waals surface area contributed by atoms with Crippen molar-refractivity contribution in [3.8, 4) is 0 Å². The van der Waals surface area contributed by atoms with Crippen LogP contribution in [0, 0.1) is 0 Å². The molecule has 2 N–H and O–H groups in total. The number of para-hydroxylation sites is 2. The molecule has 1 aromatic heterocycles. The molecule has 3 aromatic rings. The lowest BCUT2D eigenvalue weighted by molar-refractivity contribution is 0.245. The molecule has 164 valence electrons. The van der Waals surface area contributed by atoms with Gasteiger partial charge in [0.2, 0.25) is 0 Å². The van der Waals surface area contributed by atoms with Gasteiger partial charge in [0.05, 0.1) is 17.8 Å². The maximum Gasteiger partial charge on any atom is 0.319 e. The first-order valence-electron chi connectivity index (χ1n) is 11.6. The van der Waals surface area contributed by atoms with Gasteiger partial charge in [-0.25, -0.2) is 4.79 Å². The van der Waals surface area contributed by atoms with E-state index in [1.54, 1.807) is 0 Å². The Morgan fingerprint density at radius 3 is 2.16 bits per heavy atom. The van der Waals surface area contributed by atoms with Crippen molar-refractivity contribution < 1.29 is 4.79 Å². The van der Waals surface area contributed by atoms with E-state index in [2.05, 4.69) is 87.0 Å². The average molecular weight is 418 g/mol. The number of nitrogens with zero attached hydrogens (tertiary/aromatic N) is 2. The molecule has 0 unspecified atom stereocenters. The van der Waals surface area contributed by atoms with Gasteiger partial charge in [-0.3, -0.25) is 4.90 Å². The number of primary amides is 1. The number of hydrogen-bond acceptors (Lipinski definition) is 1. The number of rotatable bonds is 6. The predicted octanol–water partition coefficient (Wildman–Crippen LogP) is 6.74. The molecule has 2 aromatic carbocycles. The molecule has 2 amide bonds. The Morgan fingerprint density at radius 2 is 1.58 bits per heavy atom. The number of nitrogens with two attached hydrogens (primary N) is 1. The number of carbonyl (C=O) groups excluding carboxylic acids is 1. The van der Waals surface area contributed by atoms with E-state index in [1.165, 1.54) is 34.9 Å². The van der Waals surface area contributed by atoms with Gasteiger partial charge in [-0.2, -0.15) is 0 Å². The minimum atomic E-state index is -0.363. The van der Waals surface area contributed by atoms with Crippen LogP contribution in [0.3, 0.4) is 0 Å². The summed E-state index contributed by atoms with van der Waals surface area (Å²) in [4.78, 5) is 14.8. The van der Waals surface area contributed by atoms with E-state index in [-0.39, 0.29) is 11.6 Å². The van der Waals surface area contributed by atoms with Crippen molar-refractivity contribution in [2.75, 3.05) is 11.4 Å². The molecule has 1 aliphatic carbocycles. The molecule has 1 fully saturated rings. The number of carbonyl (C=O) groups is 1. The fraction of sp³-hybridized carbons (Fsp3) is 0.444. The van der Waals surface area contributed by atoms with Gasteiger partial charge in [-0.1, -0.05) is 76.9 Å². The molecule has 0 spiro atoms. The summed E-state index contributed by atoms with van der Waals surface area (Å²) in [5.41, 5.74) is 10.6. The highest BCUT2D eigenvalue weighted by Crippen LogP contribution is 2.43. The summed E-state index contributed by atoms with van der Waals surface area (Å²) in [6, 6.07) is 16.7. The second-order valence-corrected chi connectivity index (χ2v) is 9.69. The zero-order chi connectivity index (χ0) is 22.2. The monoisotopic (exact) mass is 417 g/mol. The van der Waals surface area contributed by atoms with Crippen molar-refractivity contribution in [1.29, 1.82) is 0 Å². The summed E-state index contributed by atoms with van der Waals surface area (Å²) >= 11 is 0. The molecule has 0 radical (unpaired) electrons. The summed E-state index contributed by atoms with van der Waals surface area (Å²) in [6.45, 7) is 9.35. The average Bonchev–Trinajstić information content (AvgIpc) is 3.39. The fourth-order valence-corrected chi connectivity index (χ4v) is 5.39. The van der Waals surface area contributed by atoms with Crippen molar-refractivity contribution >= 4 is 22.6 Å². The molecule has 4 nitrogen and oxygen atoms in total. The Hall–Kier alpha value is -2.75. The maximum atomic E-state index is 13.0. The first kappa shape index (κ1) is 21.5. The van der Waals surface area contributed by atoms with Crippen molar-refractivity contribution in [3.63, 3.8) is 0 Å². The Labute approximate surface area is 186 Å². The minimum Gasteiger partial charge on any atom is -0.351 e. The van der Waals surface area contributed by atoms with Crippen molar-refractivity contribution in [1.82, 2.24) is 4.57 Å². The van der Waals surface area contributed by atoms with Gasteiger partial charge in [0.1, 0.15) is 0 Å². The topological polar surface area (TPSA) is 51.3 Å². The molecule has 0 bridgehead atoms. The number of benzene rings is 2. The van der Waals surface area contributed by atoms with Gasteiger partial charge in [0, 0.05) is 11.7 Å². The van der Waals surface area contributed by atoms with E-state index in [0.29, 0.717) is 18.4 Å². The lowest BCUT2D eigenvalue weighted by Crippen LogP contribution is -2.48. The van der Waals surface area contributed by atoms with Gasteiger partial charge in [-0.05, 0) is 53.3 Å². The molecular weight excluding hydrogens is 382 g/mol. The SMILES string of the molecule is CC(C)c1cccc(C(C)C)c1N(CC1(n2ccc3ccccc32)CCCC1)C(N)=O. The predicted molar refractivity (Wildman–Crippen MR) is 130 cm³/mol. The molecule has 0 saturated heterocycles. The number of hydrogen-bond donors (Lipinski definition) is 1. The molecule has 1 aliphatic rings. The van der Waals surface area contributed by atoms with E-state index >= 15 is 0 Å². The quantitative estimate of drug-likeness (QED) is 0.474. The van der Waals surface area contributed by atoms with Gasteiger partial charge in [0.15, 0.2) is 0 Å². The van der Waals surface area contributed by atoms with Crippen LogP contribution in [0.2, 0.25) is 0 Å².